The van der Waals surface area contributed by atoms with Crippen molar-refractivity contribution in [2.24, 2.45) is 5.92 Å². The zero-order valence-electron chi connectivity index (χ0n) is 12.5. The highest BCUT2D eigenvalue weighted by atomic mass is 15.1. The Kier molecular flexibility index (Phi) is 5.34. The van der Waals surface area contributed by atoms with Gasteiger partial charge in [-0.25, -0.2) is 0 Å². The Labute approximate surface area is 117 Å². The van der Waals surface area contributed by atoms with Gasteiger partial charge in [-0.3, -0.25) is 9.88 Å². The van der Waals surface area contributed by atoms with Crippen molar-refractivity contribution in [3.8, 4) is 0 Å². The molecule has 2 rings (SSSR count). The maximum absolute atomic E-state index is 4.51. The highest BCUT2D eigenvalue weighted by Crippen LogP contribution is 2.17. The van der Waals surface area contributed by atoms with Gasteiger partial charge in [-0.2, -0.15) is 0 Å². The minimum absolute atomic E-state index is 0.592. The van der Waals surface area contributed by atoms with Gasteiger partial charge >= 0.3 is 0 Å². The van der Waals surface area contributed by atoms with Gasteiger partial charge in [-0.15, -0.1) is 0 Å². The highest BCUT2D eigenvalue weighted by Gasteiger charge is 2.20. The van der Waals surface area contributed by atoms with Crippen LogP contribution in [0.4, 0.5) is 0 Å². The van der Waals surface area contributed by atoms with E-state index in [1.165, 1.54) is 37.2 Å². The molecular weight excluding hydrogens is 234 g/mol. The van der Waals surface area contributed by atoms with Crippen LogP contribution >= 0.6 is 0 Å². The third kappa shape index (κ3) is 4.92. The van der Waals surface area contributed by atoms with Crippen LogP contribution in [0.5, 0.6) is 0 Å². The molecule has 0 aliphatic carbocycles. The third-order valence-corrected chi connectivity index (χ3v) is 3.78. The Bertz CT molecular complexity index is 372. The molecule has 0 amide bonds. The van der Waals surface area contributed by atoms with Crippen molar-refractivity contribution >= 4 is 0 Å². The Hall–Kier alpha value is -0.930. The summed E-state index contributed by atoms with van der Waals surface area (Å²) in [6.07, 6.45) is 4.64. The molecule has 1 aliphatic heterocycles. The first-order valence-corrected chi connectivity index (χ1v) is 7.51. The Morgan fingerprint density at radius 1 is 1.42 bits per heavy atom. The molecule has 1 saturated heterocycles. The summed E-state index contributed by atoms with van der Waals surface area (Å²) in [5.41, 5.74) is 2.43. The van der Waals surface area contributed by atoms with E-state index in [1.54, 1.807) is 0 Å². The van der Waals surface area contributed by atoms with Crippen molar-refractivity contribution < 1.29 is 0 Å². The summed E-state index contributed by atoms with van der Waals surface area (Å²) in [4.78, 5) is 7.06. The van der Waals surface area contributed by atoms with E-state index in [0.29, 0.717) is 6.04 Å². The standard InChI is InChI=1S/C16H27N3/c1-13(2)17-10-15-5-4-8-19(11-15)12-16-7-6-14(3)9-18-16/h6-7,9,13,15,17H,4-5,8,10-12H2,1-3H3. The topological polar surface area (TPSA) is 28.2 Å². The summed E-state index contributed by atoms with van der Waals surface area (Å²) in [6.45, 7) is 11.1. The van der Waals surface area contributed by atoms with Crippen LogP contribution in [0.25, 0.3) is 0 Å². The van der Waals surface area contributed by atoms with Gasteiger partial charge in [0.05, 0.1) is 5.69 Å². The molecule has 0 saturated carbocycles. The average molecular weight is 261 g/mol. The van der Waals surface area contributed by atoms with E-state index in [4.69, 9.17) is 0 Å². The zero-order chi connectivity index (χ0) is 13.7. The summed E-state index contributed by atoms with van der Waals surface area (Å²) in [6, 6.07) is 4.91. The van der Waals surface area contributed by atoms with Gasteiger partial charge in [0.1, 0.15) is 0 Å². The first-order valence-electron chi connectivity index (χ1n) is 7.51. The molecule has 0 radical (unpaired) electrons. The van der Waals surface area contributed by atoms with Crippen LogP contribution < -0.4 is 5.32 Å². The predicted molar refractivity (Wildman–Crippen MR) is 80.1 cm³/mol. The summed E-state index contributed by atoms with van der Waals surface area (Å²) in [5, 5.41) is 3.56. The number of likely N-dealkylation sites (tertiary alicyclic amines) is 1. The lowest BCUT2D eigenvalue weighted by Gasteiger charge is -2.33. The maximum atomic E-state index is 4.51. The van der Waals surface area contributed by atoms with Gasteiger partial charge in [0, 0.05) is 25.3 Å². The molecule has 1 aliphatic rings. The number of piperidine rings is 1. The number of hydrogen-bond acceptors (Lipinski definition) is 3. The Morgan fingerprint density at radius 3 is 2.95 bits per heavy atom. The van der Waals surface area contributed by atoms with Crippen LogP contribution in [0, 0.1) is 12.8 Å². The molecule has 1 aromatic rings. The molecule has 3 heteroatoms. The minimum atomic E-state index is 0.592. The van der Waals surface area contributed by atoms with Crippen molar-refractivity contribution in [2.75, 3.05) is 19.6 Å². The lowest BCUT2D eigenvalue weighted by Crippen LogP contribution is -2.40. The monoisotopic (exact) mass is 261 g/mol. The normalized spacial score (nSPS) is 20.9. The van der Waals surface area contributed by atoms with Crippen molar-refractivity contribution in [3.05, 3.63) is 29.6 Å². The van der Waals surface area contributed by atoms with E-state index < -0.39 is 0 Å². The molecule has 19 heavy (non-hydrogen) atoms. The van der Waals surface area contributed by atoms with Gasteiger partial charge < -0.3 is 5.32 Å². The largest absolute Gasteiger partial charge is 0.314 e. The molecule has 2 heterocycles. The second kappa shape index (κ2) is 7.01. The van der Waals surface area contributed by atoms with E-state index in [2.05, 4.69) is 48.1 Å². The lowest BCUT2D eigenvalue weighted by atomic mass is 9.97. The second-order valence-electron chi connectivity index (χ2n) is 6.13. The van der Waals surface area contributed by atoms with Crippen LogP contribution in [-0.4, -0.2) is 35.6 Å². The Balaban J connectivity index is 1.82. The van der Waals surface area contributed by atoms with E-state index in [0.717, 1.165) is 19.0 Å². The minimum Gasteiger partial charge on any atom is -0.314 e. The van der Waals surface area contributed by atoms with Gasteiger partial charge in [-0.05, 0) is 50.4 Å². The van der Waals surface area contributed by atoms with Crippen molar-refractivity contribution in [1.29, 1.82) is 0 Å². The first kappa shape index (κ1) is 14.5. The molecule has 1 aromatic heterocycles. The van der Waals surface area contributed by atoms with E-state index in [1.807, 2.05) is 6.20 Å². The molecular formula is C16H27N3. The summed E-state index contributed by atoms with van der Waals surface area (Å²) >= 11 is 0. The van der Waals surface area contributed by atoms with E-state index in [9.17, 15) is 0 Å². The van der Waals surface area contributed by atoms with Gasteiger partial charge in [0.25, 0.3) is 0 Å². The van der Waals surface area contributed by atoms with Gasteiger partial charge in [-0.1, -0.05) is 19.9 Å². The second-order valence-corrected chi connectivity index (χ2v) is 6.13. The number of nitrogens with one attached hydrogen (secondary N) is 1. The number of aromatic nitrogens is 1. The smallest absolute Gasteiger partial charge is 0.0544 e. The fraction of sp³-hybridized carbons (Fsp3) is 0.688. The predicted octanol–water partition coefficient (Wildman–Crippen LogP) is 2.60. The zero-order valence-corrected chi connectivity index (χ0v) is 12.5. The van der Waals surface area contributed by atoms with Crippen LogP contribution in [0.3, 0.4) is 0 Å². The van der Waals surface area contributed by atoms with Crippen LogP contribution in [0.2, 0.25) is 0 Å². The quantitative estimate of drug-likeness (QED) is 0.883. The van der Waals surface area contributed by atoms with Crippen LogP contribution in [-0.2, 0) is 6.54 Å². The molecule has 1 atom stereocenters. The molecule has 1 unspecified atom stereocenters. The van der Waals surface area contributed by atoms with Crippen molar-refractivity contribution in [2.45, 2.75) is 46.2 Å². The summed E-state index contributed by atoms with van der Waals surface area (Å²) < 4.78 is 0. The Morgan fingerprint density at radius 2 is 2.26 bits per heavy atom. The SMILES string of the molecule is Cc1ccc(CN2CCCC(CNC(C)C)C2)nc1. The third-order valence-electron chi connectivity index (χ3n) is 3.78. The molecule has 0 aromatic carbocycles. The number of pyridine rings is 1. The fourth-order valence-corrected chi connectivity index (χ4v) is 2.68. The number of hydrogen-bond donors (Lipinski definition) is 1. The molecule has 106 valence electrons. The van der Waals surface area contributed by atoms with Gasteiger partial charge in [0.15, 0.2) is 0 Å². The highest BCUT2D eigenvalue weighted by molar-refractivity contribution is 5.12. The molecule has 1 N–H and O–H groups in total. The summed E-state index contributed by atoms with van der Waals surface area (Å²) in [5.74, 6) is 0.793. The van der Waals surface area contributed by atoms with Gasteiger partial charge in [0.2, 0.25) is 0 Å². The molecule has 0 bridgehead atoms. The number of nitrogens with zero attached hydrogens (tertiary/aromatic N) is 2. The molecule has 1 fully saturated rings. The molecule has 3 nitrogen and oxygen atoms in total. The lowest BCUT2D eigenvalue weighted by molar-refractivity contribution is 0.162. The van der Waals surface area contributed by atoms with E-state index >= 15 is 0 Å². The number of aryl methyl sites for hydroxylation is 1. The summed E-state index contributed by atoms with van der Waals surface area (Å²) in [7, 11) is 0. The average Bonchev–Trinajstić information content (AvgIpc) is 2.40. The van der Waals surface area contributed by atoms with Crippen molar-refractivity contribution in [1.82, 2.24) is 15.2 Å². The van der Waals surface area contributed by atoms with E-state index in [-0.39, 0.29) is 0 Å². The first-order chi connectivity index (χ1) is 9.13. The number of rotatable bonds is 5. The maximum Gasteiger partial charge on any atom is 0.0544 e. The van der Waals surface area contributed by atoms with Crippen LogP contribution in [0.1, 0.15) is 37.9 Å². The molecule has 0 spiro atoms. The van der Waals surface area contributed by atoms with Crippen molar-refractivity contribution in [3.63, 3.8) is 0 Å². The fourth-order valence-electron chi connectivity index (χ4n) is 2.68. The van der Waals surface area contributed by atoms with Crippen LogP contribution in [0.15, 0.2) is 18.3 Å².